The monoisotopic (exact) mass is 208 g/mol. The Balaban J connectivity index is 2.68. The Hall–Kier alpha value is -1.58. The van der Waals surface area contributed by atoms with Crippen molar-refractivity contribution in [2.45, 2.75) is 19.3 Å². The number of anilines is 1. The lowest BCUT2D eigenvalue weighted by molar-refractivity contribution is 0.0929. The van der Waals surface area contributed by atoms with E-state index in [1.54, 1.807) is 6.07 Å². The van der Waals surface area contributed by atoms with Gasteiger partial charge in [0, 0.05) is 17.5 Å². The SMILES string of the molecule is CC1(C)CNC(=O)c2cc(F)c(N)cc21. The maximum absolute atomic E-state index is 13.2. The minimum atomic E-state index is -0.540. The largest absolute Gasteiger partial charge is 0.396 e. The van der Waals surface area contributed by atoms with Gasteiger partial charge in [0.1, 0.15) is 5.82 Å². The van der Waals surface area contributed by atoms with E-state index in [2.05, 4.69) is 5.32 Å². The van der Waals surface area contributed by atoms with Crippen LogP contribution in [0.25, 0.3) is 0 Å². The van der Waals surface area contributed by atoms with Gasteiger partial charge in [0.2, 0.25) is 0 Å². The Morgan fingerprint density at radius 1 is 1.47 bits per heavy atom. The molecule has 1 aromatic rings. The average Bonchev–Trinajstić information content (AvgIpc) is 2.16. The predicted molar refractivity (Wildman–Crippen MR) is 56.2 cm³/mol. The number of halogens is 1. The van der Waals surface area contributed by atoms with Crippen LogP contribution in [0.4, 0.5) is 10.1 Å². The molecule has 0 atom stereocenters. The van der Waals surface area contributed by atoms with Crippen LogP contribution in [-0.2, 0) is 5.41 Å². The zero-order valence-electron chi connectivity index (χ0n) is 8.73. The molecular formula is C11H13FN2O. The van der Waals surface area contributed by atoms with Crippen LogP contribution < -0.4 is 11.1 Å². The molecule has 0 saturated carbocycles. The molecule has 3 N–H and O–H groups in total. The molecule has 1 aliphatic heterocycles. The molecule has 1 heterocycles. The van der Waals surface area contributed by atoms with Crippen LogP contribution in [0.2, 0.25) is 0 Å². The number of nitrogens with two attached hydrogens (primary N) is 1. The highest BCUT2D eigenvalue weighted by Gasteiger charge is 2.32. The predicted octanol–water partition coefficient (Wildman–Crippen LogP) is 1.43. The van der Waals surface area contributed by atoms with Gasteiger partial charge in [-0.05, 0) is 17.7 Å². The molecule has 15 heavy (non-hydrogen) atoms. The number of benzene rings is 1. The third-order valence-electron chi connectivity index (χ3n) is 2.80. The molecule has 0 aliphatic carbocycles. The number of carbonyl (C=O) groups excluding carboxylic acids is 1. The molecule has 0 fully saturated rings. The average molecular weight is 208 g/mol. The number of nitrogen functional groups attached to an aromatic ring is 1. The Bertz CT molecular complexity index is 440. The first-order valence-electron chi connectivity index (χ1n) is 4.79. The summed E-state index contributed by atoms with van der Waals surface area (Å²) in [6.45, 7) is 4.52. The molecule has 0 aromatic heterocycles. The quantitative estimate of drug-likeness (QED) is 0.634. The summed E-state index contributed by atoms with van der Waals surface area (Å²) < 4.78 is 13.2. The van der Waals surface area contributed by atoms with E-state index in [0.717, 1.165) is 5.56 Å². The highest BCUT2D eigenvalue weighted by molar-refractivity contribution is 5.97. The lowest BCUT2D eigenvalue weighted by Crippen LogP contribution is -2.43. The first kappa shape index (κ1) is 9.96. The second-order valence-electron chi connectivity index (χ2n) is 4.49. The number of hydrogen-bond donors (Lipinski definition) is 2. The van der Waals surface area contributed by atoms with Crippen LogP contribution in [-0.4, -0.2) is 12.5 Å². The number of fused-ring (bicyclic) bond motifs is 1. The third kappa shape index (κ3) is 1.46. The van der Waals surface area contributed by atoms with Crippen LogP contribution >= 0.6 is 0 Å². The molecule has 1 amide bonds. The molecule has 0 bridgehead atoms. The van der Waals surface area contributed by atoms with Gasteiger partial charge in [-0.1, -0.05) is 13.8 Å². The molecule has 80 valence electrons. The molecule has 3 nitrogen and oxygen atoms in total. The van der Waals surface area contributed by atoms with E-state index in [-0.39, 0.29) is 17.0 Å². The first-order chi connectivity index (χ1) is 6.92. The summed E-state index contributed by atoms with van der Waals surface area (Å²) in [5.74, 6) is -0.773. The van der Waals surface area contributed by atoms with E-state index in [9.17, 15) is 9.18 Å². The maximum atomic E-state index is 13.2. The molecule has 0 saturated heterocycles. The Morgan fingerprint density at radius 3 is 2.80 bits per heavy atom. The van der Waals surface area contributed by atoms with Crippen molar-refractivity contribution in [1.29, 1.82) is 0 Å². The van der Waals surface area contributed by atoms with E-state index in [1.807, 2.05) is 13.8 Å². The number of carbonyl (C=O) groups is 1. The van der Waals surface area contributed by atoms with Gasteiger partial charge < -0.3 is 11.1 Å². The summed E-state index contributed by atoms with van der Waals surface area (Å²) in [4.78, 5) is 11.5. The molecular weight excluding hydrogens is 195 g/mol. The van der Waals surface area contributed by atoms with E-state index >= 15 is 0 Å². The van der Waals surface area contributed by atoms with Crippen LogP contribution in [0.1, 0.15) is 29.8 Å². The fourth-order valence-corrected chi connectivity index (χ4v) is 1.83. The molecule has 1 aromatic carbocycles. The molecule has 2 rings (SSSR count). The van der Waals surface area contributed by atoms with Crippen molar-refractivity contribution in [3.8, 4) is 0 Å². The molecule has 0 unspecified atom stereocenters. The van der Waals surface area contributed by atoms with E-state index < -0.39 is 5.82 Å². The van der Waals surface area contributed by atoms with Crippen LogP contribution in [0.15, 0.2) is 12.1 Å². The Morgan fingerprint density at radius 2 is 2.13 bits per heavy atom. The van der Waals surface area contributed by atoms with Crippen molar-refractivity contribution in [1.82, 2.24) is 5.32 Å². The molecule has 0 spiro atoms. The first-order valence-corrected chi connectivity index (χ1v) is 4.79. The lowest BCUT2D eigenvalue weighted by atomic mass is 9.78. The summed E-state index contributed by atoms with van der Waals surface area (Å²) in [6, 6.07) is 2.77. The van der Waals surface area contributed by atoms with Gasteiger partial charge in [0.15, 0.2) is 0 Å². The van der Waals surface area contributed by atoms with Crippen LogP contribution in [0.3, 0.4) is 0 Å². The highest BCUT2D eigenvalue weighted by Crippen LogP contribution is 2.32. The second-order valence-corrected chi connectivity index (χ2v) is 4.49. The molecule has 0 radical (unpaired) electrons. The number of hydrogen-bond acceptors (Lipinski definition) is 2. The third-order valence-corrected chi connectivity index (χ3v) is 2.80. The van der Waals surface area contributed by atoms with E-state index in [0.29, 0.717) is 12.1 Å². The van der Waals surface area contributed by atoms with Crippen molar-refractivity contribution in [3.63, 3.8) is 0 Å². The zero-order valence-corrected chi connectivity index (χ0v) is 8.73. The van der Waals surface area contributed by atoms with E-state index in [1.165, 1.54) is 6.07 Å². The molecule has 1 aliphatic rings. The summed E-state index contributed by atoms with van der Waals surface area (Å²) in [5, 5.41) is 2.73. The van der Waals surface area contributed by atoms with Crippen LogP contribution in [0.5, 0.6) is 0 Å². The number of nitrogens with one attached hydrogen (secondary N) is 1. The maximum Gasteiger partial charge on any atom is 0.251 e. The van der Waals surface area contributed by atoms with Gasteiger partial charge in [-0.3, -0.25) is 4.79 Å². The highest BCUT2D eigenvalue weighted by atomic mass is 19.1. The molecule has 4 heteroatoms. The van der Waals surface area contributed by atoms with Crippen LogP contribution in [0, 0.1) is 5.82 Å². The zero-order chi connectivity index (χ0) is 11.2. The van der Waals surface area contributed by atoms with Gasteiger partial charge >= 0.3 is 0 Å². The standard InChI is InChI=1S/C11H13FN2O/c1-11(2)5-14-10(15)6-3-8(12)9(13)4-7(6)11/h3-4H,5,13H2,1-2H3,(H,14,15). The summed E-state index contributed by atoms with van der Waals surface area (Å²) in [7, 11) is 0. The summed E-state index contributed by atoms with van der Waals surface area (Å²) >= 11 is 0. The van der Waals surface area contributed by atoms with Crippen molar-refractivity contribution in [2.24, 2.45) is 0 Å². The fraction of sp³-hybridized carbons (Fsp3) is 0.364. The normalized spacial score (nSPS) is 18.2. The van der Waals surface area contributed by atoms with Crippen molar-refractivity contribution in [2.75, 3.05) is 12.3 Å². The van der Waals surface area contributed by atoms with Gasteiger partial charge in [0.05, 0.1) is 5.69 Å². The smallest absolute Gasteiger partial charge is 0.251 e. The minimum Gasteiger partial charge on any atom is -0.396 e. The number of rotatable bonds is 0. The Labute approximate surface area is 87.5 Å². The summed E-state index contributed by atoms with van der Waals surface area (Å²) in [5.41, 5.74) is 6.59. The van der Waals surface area contributed by atoms with Gasteiger partial charge in [0.25, 0.3) is 5.91 Å². The lowest BCUT2D eigenvalue weighted by Gasteiger charge is -2.32. The topological polar surface area (TPSA) is 55.1 Å². The number of amides is 1. The Kier molecular flexibility index (Phi) is 1.96. The second kappa shape index (κ2) is 2.95. The van der Waals surface area contributed by atoms with Crippen molar-refractivity contribution < 1.29 is 9.18 Å². The minimum absolute atomic E-state index is 0.0940. The summed E-state index contributed by atoms with van der Waals surface area (Å²) in [6.07, 6.45) is 0. The van der Waals surface area contributed by atoms with Crippen molar-refractivity contribution >= 4 is 11.6 Å². The van der Waals surface area contributed by atoms with E-state index in [4.69, 9.17) is 5.73 Å². The van der Waals surface area contributed by atoms with Crippen molar-refractivity contribution in [3.05, 3.63) is 29.1 Å². The fourth-order valence-electron chi connectivity index (χ4n) is 1.83. The van der Waals surface area contributed by atoms with Gasteiger partial charge in [-0.25, -0.2) is 4.39 Å². The van der Waals surface area contributed by atoms with Gasteiger partial charge in [-0.2, -0.15) is 0 Å². The van der Waals surface area contributed by atoms with Gasteiger partial charge in [-0.15, -0.1) is 0 Å².